The van der Waals surface area contributed by atoms with Crippen molar-refractivity contribution in [1.82, 2.24) is 14.5 Å². The van der Waals surface area contributed by atoms with Crippen LogP contribution >= 0.6 is 0 Å². The minimum Gasteiger partial charge on any atom is -0.497 e. The number of aromatic nitrogens is 3. The zero-order valence-corrected chi connectivity index (χ0v) is 15.7. The lowest BCUT2D eigenvalue weighted by molar-refractivity contribution is -0.114. The minimum atomic E-state index is -0.151. The van der Waals surface area contributed by atoms with Crippen LogP contribution in [0, 0.1) is 0 Å². The summed E-state index contributed by atoms with van der Waals surface area (Å²) in [5, 5.41) is 3.72. The SMILES string of the molecule is COc1cc(-c2cn(C)c3cnc(NC(C)=O)cc23)nc(C2CCOC2)c1. The molecule has 27 heavy (non-hydrogen) atoms. The predicted molar refractivity (Wildman–Crippen MR) is 103 cm³/mol. The summed E-state index contributed by atoms with van der Waals surface area (Å²) in [6, 6.07) is 5.80. The van der Waals surface area contributed by atoms with Crippen molar-refractivity contribution in [2.45, 2.75) is 19.3 Å². The zero-order valence-electron chi connectivity index (χ0n) is 15.7. The van der Waals surface area contributed by atoms with Crippen LogP contribution in [-0.4, -0.2) is 40.8 Å². The molecule has 0 bridgehead atoms. The van der Waals surface area contributed by atoms with Crippen LogP contribution < -0.4 is 10.1 Å². The summed E-state index contributed by atoms with van der Waals surface area (Å²) in [4.78, 5) is 20.6. The van der Waals surface area contributed by atoms with E-state index >= 15 is 0 Å². The maximum atomic E-state index is 11.4. The number of carbonyl (C=O) groups is 1. The second-order valence-corrected chi connectivity index (χ2v) is 6.80. The van der Waals surface area contributed by atoms with E-state index in [1.807, 2.05) is 36.0 Å². The Bertz CT molecular complexity index is 1010. The minimum absolute atomic E-state index is 0.151. The van der Waals surface area contributed by atoms with Gasteiger partial charge in [-0.05, 0) is 12.5 Å². The van der Waals surface area contributed by atoms with Crippen molar-refractivity contribution < 1.29 is 14.3 Å². The molecular weight excluding hydrogens is 344 g/mol. The number of amides is 1. The van der Waals surface area contributed by atoms with Gasteiger partial charge in [-0.15, -0.1) is 0 Å². The Kier molecular flexibility index (Phi) is 4.53. The molecule has 1 atom stereocenters. The summed E-state index contributed by atoms with van der Waals surface area (Å²) < 4.78 is 13.0. The van der Waals surface area contributed by atoms with E-state index in [4.69, 9.17) is 14.5 Å². The number of pyridine rings is 2. The molecule has 1 aliphatic rings. The summed E-state index contributed by atoms with van der Waals surface area (Å²) in [6.45, 7) is 2.92. The molecule has 1 aliphatic heterocycles. The van der Waals surface area contributed by atoms with Gasteiger partial charge in [0.1, 0.15) is 11.6 Å². The number of nitrogens with one attached hydrogen (secondary N) is 1. The number of anilines is 1. The molecule has 4 heterocycles. The second kappa shape index (κ2) is 7.00. The molecule has 1 fully saturated rings. The molecule has 4 rings (SSSR count). The van der Waals surface area contributed by atoms with Crippen molar-refractivity contribution in [3.8, 4) is 17.0 Å². The van der Waals surface area contributed by atoms with E-state index in [1.54, 1.807) is 13.3 Å². The number of rotatable bonds is 4. The van der Waals surface area contributed by atoms with E-state index in [2.05, 4.69) is 10.3 Å². The zero-order chi connectivity index (χ0) is 19.0. The molecule has 1 saturated heterocycles. The van der Waals surface area contributed by atoms with Crippen LogP contribution in [0.5, 0.6) is 5.75 Å². The van der Waals surface area contributed by atoms with Gasteiger partial charge in [0.2, 0.25) is 5.91 Å². The fourth-order valence-electron chi connectivity index (χ4n) is 3.49. The lowest BCUT2D eigenvalue weighted by Gasteiger charge is -2.12. The topological polar surface area (TPSA) is 78.3 Å². The number of aryl methyl sites for hydroxylation is 1. The van der Waals surface area contributed by atoms with E-state index in [9.17, 15) is 4.79 Å². The Morgan fingerprint density at radius 2 is 2.22 bits per heavy atom. The van der Waals surface area contributed by atoms with Gasteiger partial charge < -0.3 is 19.4 Å². The van der Waals surface area contributed by atoms with Crippen LogP contribution in [0.4, 0.5) is 5.82 Å². The summed E-state index contributed by atoms with van der Waals surface area (Å²) >= 11 is 0. The summed E-state index contributed by atoms with van der Waals surface area (Å²) in [7, 11) is 3.63. The highest BCUT2D eigenvalue weighted by Crippen LogP contribution is 2.34. The van der Waals surface area contributed by atoms with Crippen LogP contribution in [0.1, 0.15) is 25.0 Å². The van der Waals surface area contributed by atoms with Gasteiger partial charge in [-0.3, -0.25) is 9.78 Å². The Hall–Kier alpha value is -2.93. The summed E-state index contributed by atoms with van der Waals surface area (Å²) in [5.74, 6) is 1.43. The monoisotopic (exact) mass is 366 g/mol. The van der Waals surface area contributed by atoms with E-state index in [0.717, 1.165) is 46.6 Å². The Balaban J connectivity index is 1.85. The number of fused-ring (bicyclic) bond motifs is 1. The van der Waals surface area contributed by atoms with Crippen LogP contribution in [0.25, 0.3) is 22.2 Å². The number of hydrogen-bond acceptors (Lipinski definition) is 5. The van der Waals surface area contributed by atoms with Gasteiger partial charge in [-0.2, -0.15) is 0 Å². The highest BCUT2D eigenvalue weighted by Gasteiger charge is 2.22. The highest BCUT2D eigenvalue weighted by molar-refractivity contribution is 5.98. The van der Waals surface area contributed by atoms with E-state index in [0.29, 0.717) is 12.4 Å². The average molecular weight is 366 g/mol. The van der Waals surface area contributed by atoms with E-state index in [1.165, 1.54) is 6.92 Å². The van der Waals surface area contributed by atoms with Crippen molar-refractivity contribution in [1.29, 1.82) is 0 Å². The Morgan fingerprint density at radius 3 is 2.93 bits per heavy atom. The first kappa shape index (κ1) is 17.5. The molecule has 7 nitrogen and oxygen atoms in total. The maximum Gasteiger partial charge on any atom is 0.222 e. The predicted octanol–water partition coefficient (Wildman–Crippen LogP) is 3.11. The Morgan fingerprint density at radius 1 is 1.37 bits per heavy atom. The molecule has 0 spiro atoms. The first-order valence-electron chi connectivity index (χ1n) is 8.92. The molecule has 0 radical (unpaired) electrons. The molecule has 7 heteroatoms. The van der Waals surface area contributed by atoms with Crippen LogP contribution in [0.2, 0.25) is 0 Å². The third-order valence-corrected chi connectivity index (χ3v) is 4.86. The first-order chi connectivity index (χ1) is 13.0. The van der Waals surface area contributed by atoms with Gasteiger partial charge in [-0.1, -0.05) is 0 Å². The largest absolute Gasteiger partial charge is 0.497 e. The molecule has 0 aliphatic carbocycles. The van der Waals surface area contributed by atoms with Gasteiger partial charge in [0, 0.05) is 55.8 Å². The number of ether oxygens (including phenoxy) is 2. The smallest absolute Gasteiger partial charge is 0.222 e. The van der Waals surface area contributed by atoms with Crippen molar-refractivity contribution in [3.05, 3.63) is 36.3 Å². The number of hydrogen-bond donors (Lipinski definition) is 1. The lowest BCUT2D eigenvalue weighted by atomic mass is 10.0. The van der Waals surface area contributed by atoms with Crippen molar-refractivity contribution in [3.63, 3.8) is 0 Å². The fourth-order valence-corrected chi connectivity index (χ4v) is 3.49. The molecule has 0 aromatic carbocycles. The molecule has 3 aromatic rings. The molecule has 1 N–H and O–H groups in total. The number of nitrogens with zero attached hydrogens (tertiary/aromatic N) is 3. The first-order valence-corrected chi connectivity index (χ1v) is 8.92. The van der Waals surface area contributed by atoms with Gasteiger partial charge in [-0.25, -0.2) is 4.98 Å². The molecule has 1 unspecified atom stereocenters. The lowest BCUT2D eigenvalue weighted by Crippen LogP contribution is -2.07. The van der Waals surface area contributed by atoms with Crippen LogP contribution in [-0.2, 0) is 16.6 Å². The highest BCUT2D eigenvalue weighted by atomic mass is 16.5. The Labute approximate surface area is 157 Å². The molecule has 140 valence electrons. The van der Waals surface area contributed by atoms with Crippen LogP contribution in [0.3, 0.4) is 0 Å². The van der Waals surface area contributed by atoms with Crippen molar-refractivity contribution in [2.24, 2.45) is 7.05 Å². The van der Waals surface area contributed by atoms with Crippen molar-refractivity contribution >= 4 is 22.6 Å². The maximum absolute atomic E-state index is 11.4. The average Bonchev–Trinajstić information content (AvgIpc) is 3.29. The summed E-state index contributed by atoms with van der Waals surface area (Å²) in [6.07, 6.45) is 4.75. The van der Waals surface area contributed by atoms with Gasteiger partial charge >= 0.3 is 0 Å². The van der Waals surface area contributed by atoms with Gasteiger partial charge in [0.25, 0.3) is 0 Å². The van der Waals surface area contributed by atoms with E-state index < -0.39 is 0 Å². The normalized spacial score (nSPS) is 16.6. The second-order valence-electron chi connectivity index (χ2n) is 6.80. The molecule has 1 amide bonds. The van der Waals surface area contributed by atoms with Crippen LogP contribution in [0.15, 0.2) is 30.6 Å². The number of carbonyl (C=O) groups excluding carboxylic acids is 1. The fraction of sp³-hybridized carbons (Fsp3) is 0.350. The van der Waals surface area contributed by atoms with E-state index in [-0.39, 0.29) is 11.8 Å². The molecule has 3 aromatic heterocycles. The quantitative estimate of drug-likeness (QED) is 0.768. The summed E-state index contributed by atoms with van der Waals surface area (Å²) in [5.41, 5.74) is 3.76. The molecule has 0 saturated carbocycles. The van der Waals surface area contributed by atoms with Gasteiger partial charge in [0.15, 0.2) is 0 Å². The number of methoxy groups -OCH3 is 1. The van der Waals surface area contributed by atoms with Crippen molar-refractivity contribution in [2.75, 3.05) is 25.6 Å². The standard InChI is InChI=1S/C20H22N4O3/c1-12(25)22-20-8-15-16(10-24(2)19(15)9-21-20)18-7-14(26-3)6-17(23-18)13-4-5-27-11-13/h6-10,13H,4-5,11H2,1-3H3,(H,21,22,25). The third-order valence-electron chi connectivity index (χ3n) is 4.86. The van der Waals surface area contributed by atoms with Gasteiger partial charge in [0.05, 0.1) is 36.8 Å². The molecular formula is C20H22N4O3. The third kappa shape index (κ3) is 3.38.